The highest BCUT2D eigenvalue weighted by atomic mass is 32.2. The van der Waals surface area contributed by atoms with Gasteiger partial charge in [-0.1, -0.05) is 42.1 Å². The number of nitrogens with zero attached hydrogens (tertiary/aromatic N) is 3. The van der Waals surface area contributed by atoms with Crippen LogP contribution < -0.4 is 11.1 Å². The summed E-state index contributed by atoms with van der Waals surface area (Å²) >= 11 is 1.11. The van der Waals surface area contributed by atoms with Crippen molar-refractivity contribution in [3.63, 3.8) is 0 Å². The second-order valence-corrected chi connectivity index (χ2v) is 8.87. The number of carbonyl (C=O) groups is 3. The van der Waals surface area contributed by atoms with Gasteiger partial charge < -0.3 is 29.8 Å². The van der Waals surface area contributed by atoms with Crippen molar-refractivity contribution < 1.29 is 28.6 Å². The first-order valence-corrected chi connectivity index (χ1v) is 11.5. The van der Waals surface area contributed by atoms with Crippen LogP contribution in [0.2, 0.25) is 0 Å². The van der Waals surface area contributed by atoms with E-state index >= 15 is 0 Å². The normalized spacial score (nSPS) is 12.1. The summed E-state index contributed by atoms with van der Waals surface area (Å²) < 4.78 is 17.0. The van der Waals surface area contributed by atoms with E-state index in [2.05, 4.69) is 20.3 Å². The summed E-state index contributed by atoms with van der Waals surface area (Å²) in [6.45, 7) is 3.75. The molecule has 0 aliphatic heterocycles. The number of ether oxygens (including phenoxy) is 3. The zero-order valence-corrected chi connectivity index (χ0v) is 20.6. The van der Waals surface area contributed by atoms with Crippen LogP contribution in [-0.4, -0.2) is 64.7 Å². The molecule has 0 aliphatic rings. The van der Waals surface area contributed by atoms with E-state index in [4.69, 9.17) is 15.2 Å². The number of carbonyl (C=O) groups excluding carboxylic acids is 3. The summed E-state index contributed by atoms with van der Waals surface area (Å²) in [5.41, 5.74) is 5.79. The molecule has 1 heterocycles. The van der Waals surface area contributed by atoms with Crippen LogP contribution in [0.1, 0.15) is 37.7 Å². The van der Waals surface area contributed by atoms with Crippen LogP contribution in [0, 0.1) is 0 Å². The molecule has 186 valence electrons. The highest BCUT2D eigenvalue weighted by molar-refractivity contribution is 7.99. The number of aromatic nitrogens is 3. The lowest BCUT2D eigenvalue weighted by Gasteiger charge is -2.24. The average molecular weight is 494 g/mol. The molecule has 0 saturated heterocycles. The molecular weight excluding hydrogens is 462 g/mol. The van der Waals surface area contributed by atoms with Crippen LogP contribution in [0.3, 0.4) is 0 Å². The molecule has 1 aromatic carbocycles. The summed E-state index contributed by atoms with van der Waals surface area (Å²) in [5, 5.41) is 11.6. The number of nitrogens with two attached hydrogens (primary N) is 1. The molecule has 12 heteroatoms. The van der Waals surface area contributed by atoms with Crippen molar-refractivity contribution in [2.45, 2.75) is 50.2 Å². The maximum Gasteiger partial charge on any atom is 0.316 e. The molecule has 3 N–H and O–H groups in total. The second-order valence-electron chi connectivity index (χ2n) is 7.93. The number of thioether (sulfide) groups is 1. The van der Waals surface area contributed by atoms with Gasteiger partial charge in [0.15, 0.2) is 11.0 Å². The van der Waals surface area contributed by atoms with Gasteiger partial charge >= 0.3 is 11.9 Å². The second kappa shape index (κ2) is 13.1. The van der Waals surface area contributed by atoms with Gasteiger partial charge in [-0.15, -0.1) is 10.2 Å². The fourth-order valence-corrected chi connectivity index (χ4v) is 3.56. The molecule has 2 aromatic rings. The smallest absolute Gasteiger partial charge is 0.316 e. The zero-order valence-electron chi connectivity index (χ0n) is 19.8. The Morgan fingerprint density at radius 3 is 2.41 bits per heavy atom. The van der Waals surface area contributed by atoms with E-state index in [0.717, 1.165) is 17.3 Å². The van der Waals surface area contributed by atoms with Gasteiger partial charge in [-0.2, -0.15) is 0 Å². The van der Waals surface area contributed by atoms with Crippen LogP contribution in [0.25, 0.3) is 0 Å². The predicted molar refractivity (Wildman–Crippen MR) is 125 cm³/mol. The Balaban J connectivity index is 2.30. The zero-order chi connectivity index (χ0) is 25.1. The monoisotopic (exact) mass is 493 g/mol. The Bertz CT molecular complexity index is 960. The van der Waals surface area contributed by atoms with Crippen molar-refractivity contribution in [2.75, 3.05) is 26.6 Å². The number of amides is 1. The number of esters is 2. The molecule has 0 fully saturated rings. The van der Waals surface area contributed by atoms with Gasteiger partial charge in [0.2, 0.25) is 5.91 Å². The number of hydrogen-bond donors (Lipinski definition) is 2. The van der Waals surface area contributed by atoms with Gasteiger partial charge in [-0.25, -0.2) is 0 Å². The maximum atomic E-state index is 12.7. The lowest BCUT2D eigenvalue weighted by molar-refractivity contribution is -0.141. The SMILES string of the molecule is COC(=O)CCn1c(SCC(=O)OC)nnc1[C@@H](COCc1ccccc1)NC(=O)C(C)(C)N. The van der Waals surface area contributed by atoms with E-state index in [-0.39, 0.29) is 25.3 Å². The molecule has 0 unspecified atom stereocenters. The Labute approximate surface area is 202 Å². The molecule has 0 saturated carbocycles. The summed E-state index contributed by atoms with van der Waals surface area (Å²) in [5.74, 6) is -0.902. The quantitative estimate of drug-likeness (QED) is 0.308. The van der Waals surface area contributed by atoms with Gasteiger partial charge in [0.1, 0.15) is 6.04 Å². The fraction of sp³-hybridized carbons (Fsp3) is 0.500. The van der Waals surface area contributed by atoms with Gasteiger partial charge in [-0.3, -0.25) is 14.4 Å². The van der Waals surface area contributed by atoms with Crippen LogP contribution >= 0.6 is 11.8 Å². The molecule has 1 aromatic heterocycles. The molecule has 0 bridgehead atoms. The molecular formula is C22H31N5O6S. The minimum Gasteiger partial charge on any atom is -0.469 e. The molecule has 34 heavy (non-hydrogen) atoms. The summed E-state index contributed by atoms with van der Waals surface area (Å²) in [4.78, 5) is 36.1. The largest absolute Gasteiger partial charge is 0.469 e. The third kappa shape index (κ3) is 8.43. The Morgan fingerprint density at radius 2 is 1.79 bits per heavy atom. The minimum atomic E-state index is -1.14. The van der Waals surface area contributed by atoms with Crippen molar-refractivity contribution in [2.24, 2.45) is 5.73 Å². The van der Waals surface area contributed by atoms with Gasteiger partial charge in [0, 0.05) is 6.54 Å². The van der Waals surface area contributed by atoms with Gasteiger partial charge in [0.25, 0.3) is 0 Å². The van der Waals surface area contributed by atoms with Crippen LogP contribution in [-0.2, 0) is 41.7 Å². The molecule has 2 rings (SSSR count). The molecule has 1 atom stereocenters. The standard InChI is InChI=1S/C22H31N5O6S/c1-22(2,23)20(30)24-16(13-33-12-15-8-6-5-7-9-15)19-25-26-21(34-14-18(29)32-4)27(19)11-10-17(28)31-3/h5-9,16H,10-14,23H2,1-4H3,(H,24,30)/t16-/m1/s1. The number of benzene rings is 1. The number of rotatable bonds is 13. The van der Waals surface area contributed by atoms with Crippen molar-refractivity contribution in [3.8, 4) is 0 Å². The number of nitrogens with one attached hydrogen (secondary N) is 1. The van der Waals surface area contributed by atoms with Crippen LogP contribution in [0.4, 0.5) is 0 Å². The van der Waals surface area contributed by atoms with Gasteiger partial charge in [-0.05, 0) is 19.4 Å². The van der Waals surface area contributed by atoms with E-state index in [1.54, 1.807) is 18.4 Å². The minimum absolute atomic E-state index is 0.00419. The average Bonchev–Trinajstić information content (AvgIpc) is 3.22. The summed E-state index contributed by atoms with van der Waals surface area (Å²) in [6.07, 6.45) is 0.0429. The van der Waals surface area contributed by atoms with Crippen molar-refractivity contribution in [3.05, 3.63) is 41.7 Å². The highest BCUT2D eigenvalue weighted by Crippen LogP contribution is 2.23. The van der Waals surface area contributed by atoms with Crippen molar-refractivity contribution in [1.29, 1.82) is 0 Å². The topological polar surface area (TPSA) is 148 Å². The third-order valence-corrected chi connectivity index (χ3v) is 5.60. The highest BCUT2D eigenvalue weighted by Gasteiger charge is 2.29. The van der Waals surface area contributed by atoms with E-state index in [1.807, 2.05) is 30.3 Å². The molecule has 1 amide bonds. The van der Waals surface area contributed by atoms with E-state index in [9.17, 15) is 14.4 Å². The van der Waals surface area contributed by atoms with E-state index in [0.29, 0.717) is 17.6 Å². The van der Waals surface area contributed by atoms with Crippen molar-refractivity contribution >= 4 is 29.6 Å². The molecule has 0 spiro atoms. The first kappa shape index (κ1) is 27.3. The predicted octanol–water partition coefficient (Wildman–Crippen LogP) is 1.22. The van der Waals surface area contributed by atoms with Crippen LogP contribution in [0.5, 0.6) is 0 Å². The maximum absolute atomic E-state index is 12.7. The van der Waals surface area contributed by atoms with E-state index < -0.39 is 29.4 Å². The first-order valence-electron chi connectivity index (χ1n) is 10.6. The lowest BCUT2D eigenvalue weighted by Crippen LogP contribution is -2.51. The van der Waals surface area contributed by atoms with E-state index in [1.165, 1.54) is 14.2 Å². The van der Waals surface area contributed by atoms with Gasteiger partial charge in [0.05, 0.1) is 45.1 Å². The Hall–Kier alpha value is -2.96. The number of hydrogen-bond acceptors (Lipinski definition) is 10. The third-order valence-electron chi connectivity index (χ3n) is 4.66. The van der Waals surface area contributed by atoms with Crippen LogP contribution in [0.15, 0.2) is 35.5 Å². The Kier molecular flexibility index (Phi) is 10.5. The summed E-state index contributed by atoms with van der Waals surface area (Å²) in [6, 6.07) is 8.87. The fourth-order valence-electron chi connectivity index (χ4n) is 2.76. The molecule has 0 aliphatic carbocycles. The molecule has 11 nitrogen and oxygen atoms in total. The molecule has 0 radical (unpaired) electrons. The summed E-state index contributed by atoms with van der Waals surface area (Å²) in [7, 11) is 2.59. The lowest BCUT2D eigenvalue weighted by atomic mass is 10.1. The Morgan fingerprint density at radius 1 is 1.12 bits per heavy atom. The first-order chi connectivity index (χ1) is 16.2. The van der Waals surface area contributed by atoms with Crippen molar-refractivity contribution in [1.82, 2.24) is 20.1 Å². The number of methoxy groups -OCH3 is 2.